The van der Waals surface area contributed by atoms with Gasteiger partial charge in [0, 0.05) is 5.92 Å². The van der Waals surface area contributed by atoms with Gasteiger partial charge in [0.15, 0.2) is 0 Å². The lowest BCUT2D eigenvalue weighted by molar-refractivity contribution is -0.124. The molecule has 0 saturated heterocycles. The van der Waals surface area contributed by atoms with Crippen molar-refractivity contribution in [2.45, 2.75) is 38.3 Å². The van der Waals surface area contributed by atoms with E-state index in [2.05, 4.69) is 5.32 Å². The van der Waals surface area contributed by atoms with Crippen molar-refractivity contribution in [1.29, 1.82) is 0 Å². The highest BCUT2D eigenvalue weighted by atomic mass is 19.1. The Morgan fingerprint density at radius 1 is 1.35 bits per heavy atom. The summed E-state index contributed by atoms with van der Waals surface area (Å²) < 4.78 is 12.8. The van der Waals surface area contributed by atoms with Gasteiger partial charge < -0.3 is 10.4 Å². The molecule has 0 aromatic heterocycles. The fraction of sp³-hybridized carbons (Fsp3) is 0.562. The smallest absolute Gasteiger partial charge is 0.223 e. The number of nitrogens with one attached hydrogen (secondary N) is 1. The van der Waals surface area contributed by atoms with Crippen LogP contribution in [0, 0.1) is 23.6 Å². The van der Waals surface area contributed by atoms with Crippen molar-refractivity contribution in [1.82, 2.24) is 5.32 Å². The minimum atomic E-state index is -0.808. The van der Waals surface area contributed by atoms with E-state index in [-0.39, 0.29) is 23.7 Å². The second kappa shape index (κ2) is 5.17. The van der Waals surface area contributed by atoms with Crippen LogP contribution in [0.5, 0.6) is 0 Å². The molecule has 1 aromatic carbocycles. The molecule has 20 heavy (non-hydrogen) atoms. The number of hydrogen-bond donors (Lipinski definition) is 2. The predicted octanol–water partition coefficient (Wildman–Crippen LogP) is 2.41. The first-order valence-electron chi connectivity index (χ1n) is 7.30. The van der Waals surface area contributed by atoms with Crippen LogP contribution in [0.2, 0.25) is 0 Å². The van der Waals surface area contributed by atoms with E-state index in [1.807, 2.05) is 0 Å². The van der Waals surface area contributed by atoms with Gasteiger partial charge in [0.05, 0.1) is 12.1 Å². The molecule has 0 heterocycles. The first-order chi connectivity index (χ1) is 9.56. The summed E-state index contributed by atoms with van der Waals surface area (Å²) in [5.74, 6) is 1.21. The van der Waals surface area contributed by atoms with Crippen molar-refractivity contribution in [3.05, 3.63) is 35.6 Å². The Balaban J connectivity index is 1.54. The lowest BCUT2D eigenvalue weighted by atomic mass is 10.0. The Bertz CT molecular complexity index is 498. The van der Waals surface area contributed by atoms with Crippen LogP contribution < -0.4 is 5.32 Å². The molecule has 1 amide bonds. The van der Waals surface area contributed by atoms with E-state index in [4.69, 9.17) is 0 Å². The van der Waals surface area contributed by atoms with E-state index in [1.54, 1.807) is 19.1 Å². The fourth-order valence-electron chi connectivity index (χ4n) is 2.92. The Kier molecular flexibility index (Phi) is 3.50. The Morgan fingerprint density at radius 3 is 2.60 bits per heavy atom. The third-order valence-corrected chi connectivity index (χ3v) is 4.46. The van der Waals surface area contributed by atoms with Gasteiger partial charge in [0.1, 0.15) is 5.82 Å². The zero-order valence-electron chi connectivity index (χ0n) is 11.6. The van der Waals surface area contributed by atoms with Gasteiger partial charge in [0.25, 0.3) is 0 Å². The number of aliphatic hydroxyl groups is 1. The van der Waals surface area contributed by atoms with E-state index in [9.17, 15) is 14.3 Å². The molecule has 2 N–H and O–H groups in total. The molecule has 2 aliphatic carbocycles. The van der Waals surface area contributed by atoms with Crippen LogP contribution in [0.15, 0.2) is 24.3 Å². The summed E-state index contributed by atoms with van der Waals surface area (Å²) in [6.45, 7) is 1.78. The highest BCUT2D eigenvalue weighted by Gasteiger charge is 2.51. The van der Waals surface area contributed by atoms with Gasteiger partial charge in [-0.3, -0.25) is 4.79 Å². The summed E-state index contributed by atoms with van der Waals surface area (Å²) in [6.07, 6.45) is 2.72. The minimum Gasteiger partial charge on any atom is -0.386 e. The molecule has 4 atom stereocenters. The molecule has 0 radical (unpaired) electrons. The topological polar surface area (TPSA) is 49.3 Å². The molecule has 2 saturated carbocycles. The molecular weight excluding hydrogens is 257 g/mol. The maximum Gasteiger partial charge on any atom is 0.223 e. The number of carbonyl (C=O) groups excluding carboxylic acids is 1. The maximum absolute atomic E-state index is 12.8. The number of hydrogen-bond acceptors (Lipinski definition) is 2. The van der Waals surface area contributed by atoms with Crippen LogP contribution in [0.4, 0.5) is 4.39 Å². The standard InChI is InChI=1S/C16H20FNO2/c1-9(15(19)11-4-6-12(17)7-5-11)18-16(20)14-8-13(14)10-2-3-10/h4-7,9-10,13-15,19H,2-3,8H2,1H3,(H,18,20). The van der Waals surface area contributed by atoms with Crippen LogP contribution >= 0.6 is 0 Å². The number of rotatable bonds is 5. The first kappa shape index (κ1) is 13.6. The Hall–Kier alpha value is -1.42. The lowest BCUT2D eigenvalue weighted by Crippen LogP contribution is -2.38. The van der Waals surface area contributed by atoms with E-state index in [1.165, 1.54) is 25.0 Å². The van der Waals surface area contributed by atoms with Crippen molar-refractivity contribution >= 4 is 5.91 Å². The number of halogens is 1. The van der Waals surface area contributed by atoms with Gasteiger partial charge >= 0.3 is 0 Å². The predicted molar refractivity (Wildman–Crippen MR) is 73.3 cm³/mol. The van der Waals surface area contributed by atoms with Gasteiger partial charge in [-0.2, -0.15) is 0 Å². The quantitative estimate of drug-likeness (QED) is 0.868. The number of benzene rings is 1. The van der Waals surface area contributed by atoms with E-state index >= 15 is 0 Å². The second-order valence-electron chi connectivity index (χ2n) is 6.14. The van der Waals surface area contributed by atoms with Crippen LogP contribution in [0.1, 0.15) is 37.9 Å². The third-order valence-electron chi connectivity index (χ3n) is 4.46. The summed E-state index contributed by atoms with van der Waals surface area (Å²) >= 11 is 0. The molecule has 4 heteroatoms. The Labute approximate surface area is 118 Å². The van der Waals surface area contributed by atoms with Gasteiger partial charge in [-0.15, -0.1) is 0 Å². The molecule has 2 aliphatic rings. The minimum absolute atomic E-state index is 0.0514. The zero-order chi connectivity index (χ0) is 14.3. The molecule has 3 nitrogen and oxygen atoms in total. The Morgan fingerprint density at radius 2 is 2.00 bits per heavy atom. The second-order valence-corrected chi connectivity index (χ2v) is 6.14. The molecule has 0 bridgehead atoms. The van der Waals surface area contributed by atoms with Crippen molar-refractivity contribution in [3.8, 4) is 0 Å². The fourth-order valence-corrected chi connectivity index (χ4v) is 2.92. The van der Waals surface area contributed by atoms with Crippen LogP contribution in [0.25, 0.3) is 0 Å². The number of carbonyl (C=O) groups is 1. The van der Waals surface area contributed by atoms with Crippen molar-refractivity contribution in [2.24, 2.45) is 17.8 Å². The van der Waals surface area contributed by atoms with Crippen molar-refractivity contribution in [3.63, 3.8) is 0 Å². The van der Waals surface area contributed by atoms with Gasteiger partial charge in [-0.1, -0.05) is 12.1 Å². The number of aliphatic hydroxyl groups excluding tert-OH is 1. The zero-order valence-corrected chi connectivity index (χ0v) is 11.6. The van der Waals surface area contributed by atoms with Crippen LogP contribution in [-0.2, 0) is 4.79 Å². The molecule has 0 aliphatic heterocycles. The molecular formula is C16H20FNO2. The average Bonchev–Trinajstić information content (AvgIpc) is 3.28. The summed E-state index contributed by atoms with van der Waals surface area (Å²) in [6, 6.07) is 5.36. The lowest BCUT2D eigenvalue weighted by Gasteiger charge is -2.20. The van der Waals surface area contributed by atoms with Crippen LogP contribution in [-0.4, -0.2) is 17.1 Å². The third kappa shape index (κ3) is 2.85. The van der Waals surface area contributed by atoms with Gasteiger partial charge in [-0.25, -0.2) is 4.39 Å². The highest BCUT2D eigenvalue weighted by Crippen LogP contribution is 2.54. The molecule has 0 spiro atoms. The highest BCUT2D eigenvalue weighted by molar-refractivity contribution is 5.82. The van der Waals surface area contributed by atoms with Gasteiger partial charge in [0.2, 0.25) is 5.91 Å². The van der Waals surface area contributed by atoms with Crippen molar-refractivity contribution < 1.29 is 14.3 Å². The van der Waals surface area contributed by atoms with E-state index in [0.29, 0.717) is 11.5 Å². The molecule has 4 unspecified atom stereocenters. The maximum atomic E-state index is 12.8. The summed E-state index contributed by atoms with van der Waals surface area (Å²) in [5.41, 5.74) is 0.619. The summed E-state index contributed by atoms with van der Waals surface area (Å²) in [4.78, 5) is 12.1. The molecule has 2 fully saturated rings. The molecule has 108 valence electrons. The SMILES string of the molecule is CC(NC(=O)C1CC1C1CC1)C(O)c1ccc(F)cc1. The van der Waals surface area contributed by atoms with Crippen LogP contribution in [0.3, 0.4) is 0 Å². The molecule has 3 rings (SSSR count). The van der Waals surface area contributed by atoms with E-state index < -0.39 is 6.10 Å². The average molecular weight is 277 g/mol. The normalized spacial score (nSPS) is 27.8. The monoisotopic (exact) mass is 277 g/mol. The first-order valence-corrected chi connectivity index (χ1v) is 7.30. The number of amides is 1. The molecule has 1 aromatic rings. The van der Waals surface area contributed by atoms with Gasteiger partial charge in [-0.05, 0) is 55.7 Å². The van der Waals surface area contributed by atoms with E-state index in [0.717, 1.165) is 12.3 Å². The summed E-state index contributed by atoms with van der Waals surface area (Å²) in [5, 5.41) is 13.1. The van der Waals surface area contributed by atoms with Crippen molar-refractivity contribution in [2.75, 3.05) is 0 Å². The largest absolute Gasteiger partial charge is 0.386 e. The summed E-state index contributed by atoms with van der Waals surface area (Å²) in [7, 11) is 0.